The van der Waals surface area contributed by atoms with Gasteiger partial charge in [-0.2, -0.15) is 4.31 Å². The van der Waals surface area contributed by atoms with Gasteiger partial charge in [0.2, 0.25) is 0 Å². The number of thiophene rings is 1. The molecule has 146 valence electrons. The number of ether oxygens (including phenoxy) is 1. The normalized spacial score (nSPS) is 15.7. The van der Waals surface area contributed by atoms with Gasteiger partial charge in [-0.05, 0) is 42.8 Å². The molecule has 1 amide bonds. The first-order chi connectivity index (χ1) is 12.8. The molecule has 1 aromatic heterocycles. The quantitative estimate of drug-likeness (QED) is 0.703. The number of rotatable bonds is 5. The van der Waals surface area contributed by atoms with Gasteiger partial charge in [-0.3, -0.25) is 4.79 Å². The zero-order valence-electron chi connectivity index (χ0n) is 14.5. The van der Waals surface area contributed by atoms with Crippen molar-refractivity contribution >= 4 is 50.5 Å². The van der Waals surface area contributed by atoms with Crippen LogP contribution in [0.5, 0.6) is 5.75 Å². The number of piperazine rings is 1. The molecule has 2 aromatic rings. The summed E-state index contributed by atoms with van der Waals surface area (Å²) in [5, 5.41) is 0.637. The van der Waals surface area contributed by atoms with Crippen molar-refractivity contribution in [1.82, 2.24) is 9.21 Å². The third kappa shape index (κ3) is 4.75. The Hall–Kier alpha value is -1.32. The number of nitrogens with zero attached hydrogens (tertiary/aromatic N) is 2. The summed E-state index contributed by atoms with van der Waals surface area (Å²) in [4.78, 5) is 14.0. The van der Waals surface area contributed by atoms with Crippen molar-refractivity contribution in [2.24, 2.45) is 0 Å². The Morgan fingerprint density at radius 2 is 1.85 bits per heavy atom. The van der Waals surface area contributed by atoms with Gasteiger partial charge in [-0.25, -0.2) is 8.42 Å². The molecule has 2 heterocycles. The predicted molar refractivity (Wildman–Crippen MR) is 106 cm³/mol. The van der Waals surface area contributed by atoms with Crippen molar-refractivity contribution < 1.29 is 17.9 Å². The van der Waals surface area contributed by atoms with Crippen LogP contribution in [0.15, 0.2) is 34.5 Å². The molecule has 1 aliphatic rings. The number of hydrogen-bond donors (Lipinski definition) is 0. The van der Waals surface area contributed by atoms with Gasteiger partial charge in [-0.1, -0.05) is 23.2 Å². The Morgan fingerprint density at radius 1 is 1.15 bits per heavy atom. The molecule has 1 aromatic carbocycles. The van der Waals surface area contributed by atoms with Gasteiger partial charge in [0.05, 0.1) is 4.34 Å². The van der Waals surface area contributed by atoms with Gasteiger partial charge in [0.25, 0.3) is 15.9 Å². The van der Waals surface area contributed by atoms with Crippen LogP contribution in [-0.4, -0.2) is 56.3 Å². The minimum atomic E-state index is -3.57. The first-order valence-electron chi connectivity index (χ1n) is 8.19. The van der Waals surface area contributed by atoms with Gasteiger partial charge >= 0.3 is 0 Å². The fourth-order valence-corrected chi connectivity index (χ4v) is 5.86. The summed E-state index contributed by atoms with van der Waals surface area (Å²) in [6, 6.07) is 8.26. The van der Waals surface area contributed by atoms with E-state index in [0.29, 0.717) is 28.2 Å². The van der Waals surface area contributed by atoms with Crippen LogP contribution >= 0.6 is 34.5 Å². The molecule has 0 radical (unpaired) electrons. The fraction of sp³-hybridized carbons (Fsp3) is 0.353. The predicted octanol–water partition coefficient (Wildman–Crippen LogP) is 3.28. The summed E-state index contributed by atoms with van der Waals surface area (Å²) in [5.41, 5.74) is 0.870. The maximum Gasteiger partial charge on any atom is 0.260 e. The number of hydrogen-bond acceptors (Lipinski definition) is 5. The first-order valence-corrected chi connectivity index (χ1v) is 11.2. The zero-order chi connectivity index (χ0) is 19.6. The lowest BCUT2D eigenvalue weighted by atomic mass is 10.2. The van der Waals surface area contributed by atoms with Gasteiger partial charge < -0.3 is 9.64 Å². The summed E-state index contributed by atoms with van der Waals surface area (Å²) in [6.07, 6.45) is 0. The van der Waals surface area contributed by atoms with E-state index in [-0.39, 0.29) is 29.8 Å². The topological polar surface area (TPSA) is 66.9 Å². The van der Waals surface area contributed by atoms with E-state index >= 15 is 0 Å². The number of halogens is 2. The van der Waals surface area contributed by atoms with E-state index in [1.807, 2.05) is 6.92 Å². The molecule has 0 spiro atoms. The third-order valence-electron chi connectivity index (χ3n) is 4.23. The second-order valence-corrected chi connectivity index (χ2v) is 10.3. The summed E-state index contributed by atoms with van der Waals surface area (Å²) in [5.74, 6) is 0.389. The number of benzene rings is 1. The van der Waals surface area contributed by atoms with Gasteiger partial charge in [-0.15, -0.1) is 11.3 Å². The van der Waals surface area contributed by atoms with Crippen LogP contribution in [0, 0.1) is 6.92 Å². The van der Waals surface area contributed by atoms with Crippen LogP contribution in [0.25, 0.3) is 0 Å². The summed E-state index contributed by atoms with van der Waals surface area (Å²) in [6.45, 7) is 2.87. The van der Waals surface area contributed by atoms with Crippen molar-refractivity contribution in [3.63, 3.8) is 0 Å². The van der Waals surface area contributed by atoms with E-state index in [2.05, 4.69) is 0 Å². The van der Waals surface area contributed by atoms with Crippen molar-refractivity contribution in [3.05, 3.63) is 45.3 Å². The van der Waals surface area contributed by atoms with E-state index in [1.54, 1.807) is 29.2 Å². The largest absolute Gasteiger partial charge is 0.484 e. The highest BCUT2D eigenvalue weighted by Gasteiger charge is 2.31. The number of sulfonamides is 1. The second-order valence-electron chi connectivity index (χ2n) is 6.04. The SMILES string of the molecule is Cc1cc(OCC(=O)N2CCN(S(=O)(=O)c3ccc(Cl)s3)CC2)ccc1Cl. The Bertz CT molecular complexity index is 938. The molecule has 0 N–H and O–H groups in total. The van der Waals surface area contributed by atoms with E-state index in [9.17, 15) is 13.2 Å². The summed E-state index contributed by atoms with van der Waals surface area (Å²) >= 11 is 12.8. The van der Waals surface area contributed by atoms with Crippen LogP contribution < -0.4 is 4.74 Å². The monoisotopic (exact) mass is 448 g/mol. The van der Waals surface area contributed by atoms with Crippen LogP contribution in [0.1, 0.15) is 5.56 Å². The van der Waals surface area contributed by atoms with Gasteiger partial charge in [0, 0.05) is 31.2 Å². The van der Waals surface area contributed by atoms with Crippen LogP contribution in [0.4, 0.5) is 0 Å². The number of carbonyl (C=O) groups excluding carboxylic acids is 1. The fourth-order valence-electron chi connectivity index (χ4n) is 2.68. The Labute approximate surface area is 172 Å². The molecular weight excluding hydrogens is 431 g/mol. The van der Waals surface area contributed by atoms with E-state index in [4.69, 9.17) is 27.9 Å². The minimum absolute atomic E-state index is 0.103. The van der Waals surface area contributed by atoms with Crippen molar-refractivity contribution in [3.8, 4) is 5.75 Å². The smallest absolute Gasteiger partial charge is 0.260 e. The molecule has 10 heteroatoms. The Morgan fingerprint density at radius 3 is 2.44 bits per heavy atom. The van der Waals surface area contributed by atoms with Crippen molar-refractivity contribution in [1.29, 1.82) is 0 Å². The molecule has 1 saturated heterocycles. The maximum absolute atomic E-state index is 12.6. The highest BCUT2D eigenvalue weighted by atomic mass is 35.5. The molecule has 27 heavy (non-hydrogen) atoms. The third-order valence-corrected chi connectivity index (χ3v) is 8.25. The number of carbonyl (C=O) groups is 1. The van der Waals surface area contributed by atoms with Crippen LogP contribution in [0.2, 0.25) is 9.36 Å². The van der Waals surface area contributed by atoms with Gasteiger partial charge in [0.1, 0.15) is 9.96 Å². The molecule has 3 rings (SSSR count). The Kier molecular flexibility index (Phi) is 6.32. The zero-order valence-corrected chi connectivity index (χ0v) is 17.7. The minimum Gasteiger partial charge on any atom is -0.484 e. The summed E-state index contributed by atoms with van der Waals surface area (Å²) < 4.78 is 32.7. The van der Waals surface area contributed by atoms with E-state index in [1.165, 1.54) is 10.4 Å². The van der Waals surface area contributed by atoms with Crippen molar-refractivity contribution in [2.75, 3.05) is 32.8 Å². The molecule has 0 saturated carbocycles. The lowest BCUT2D eigenvalue weighted by Gasteiger charge is -2.33. The Balaban J connectivity index is 1.54. The van der Waals surface area contributed by atoms with Crippen LogP contribution in [-0.2, 0) is 14.8 Å². The lowest BCUT2D eigenvalue weighted by molar-refractivity contribution is -0.134. The summed E-state index contributed by atoms with van der Waals surface area (Å²) in [7, 11) is -3.57. The van der Waals surface area contributed by atoms with Crippen LogP contribution in [0.3, 0.4) is 0 Å². The first kappa shape index (κ1) is 20.4. The molecule has 0 bridgehead atoms. The molecule has 0 atom stereocenters. The molecular formula is C17H18Cl2N2O4S2. The number of aryl methyl sites for hydroxylation is 1. The maximum atomic E-state index is 12.6. The molecule has 1 aliphatic heterocycles. The highest BCUT2D eigenvalue weighted by Crippen LogP contribution is 2.28. The molecule has 6 nitrogen and oxygen atoms in total. The molecule has 0 aliphatic carbocycles. The molecule has 0 unspecified atom stereocenters. The highest BCUT2D eigenvalue weighted by molar-refractivity contribution is 7.91. The second kappa shape index (κ2) is 8.36. The van der Waals surface area contributed by atoms with Crippen molar-refractivity contribution in [2.45, 2.75) is 11.1 Å². The number of amides is 1. The van der Waals surface area contributed by atoms with E-state index < -0.39 is 10.0 Å². The standard InChI is InChI=1S/C17H18Cl2N2O4S2/c1-12-10-13(2-3-14(12)18)25-11-16(22)20-6-8-21(9-7-20)27(23,24)17-5-4-15(19)26-17/h2-5,10H,6-9,11H2,1H3. The van der Waals surface area contributed by atoms with Gasteiger partial charge in [0.15, 0.2) is 6.61 Å². The molecule has 1 fully saturated rings. The van der Waals surface area contributed by atoms with E-state index in [0.717, 1.165) is 16.9 Å². The average molecular weight is 449 g/mol. The average Bonchev–Trinajstić information content (AvgIpc) is 3.10. The lowest BCUT2D eigenvalue weighted by Crippen LogP contribution is -2.51.